The lowest BCUT2D eigenvalue weighted by Gasteiger charge is -2.29. The Morgan fingerprint density at radius 2 is 2.28 bits per heavy atom. The normalized spacial score (nSPS) is 16.9. The maximum atomic E-state index is 11.5. The van der Waals surface area contributed by atoms with Gasteiger partial charge in [-0.05, 0) is 19.8 Å². The fourth-order valence-corrected chi connectivity index (χ4v) is 1.99. The topological polar surface area (TPSA) is 64.8 Å². The molecule has 1 aromatic heterocycles. The number of anilines is 1. The van der Waals surface area contributed by atoms with Gasteiger partial charge in [0.1, 0.15) is 6.26 Å². The summed E-state index contributed by atoms with van der Waals surface area (Å²) in [5.41, 5.74) is 0.223. The Kier molecular flexibility index (Phi) is 4.19. The van der Waals surface area contributed by atoms with Crippen LogP contribution in [0.3, 0.4) is 0 Å². The van der Waals surface area contributed by atoms with Gasteiger partial charge in [0.15, 0.2) is 5.69 Å². The minimum Gasteiger partial charge on any atom is -0.461 e. The van der Waals surface area contributed by atoms with E-state index in [0.717, 1.165) is 25.9 Å². The highest BCUT2D eigenvalue weighted by atomic mass is 16.5. The first-order chi connectivity index (χ1) is 8.74. The molecule has 6 nitrogen and oxygen atoms in total. The van der Waals surface area contributed by atoms with Crippen LogP contribution >= 0.6 is 0 Å². The molecule has 1 aliphatic heterocycles. The Bertz CT molecular complexity index is 397. The molecular formula is C12H18N2O4. The summed E-state index contributed by atoms with van der Waals surface area (Å²) < 4.78 is 15.5. The molecule has 1 saturated heterocycles. The predicted octanol–water partition coefficient (Wildman–Crippen LogP) is 1.47. The number of carbonyl (C=O) groups excluding carboxylic acids is 1. The summed E-state index contributed by atoms with van der Waals surface area (Å²) in [4.78, 5) is 17.6. The zero-order valence-electron chi connectivity index (χ0n) is 10.7. The SMILES string of the molecule is CCOC(=O)c1coc(N2CCC(OC)CC2)n1. The fourth-order valence-electron chi connectivity index (χ4n) is 1.99. The highest BCUT2D eigenvalue weighted by Crippen LogP contribution is 2.20. The molecule has 0 aliphatic carbocycles. The van der Waals surface area contributed by atoms with Crippen LogP contribution in [0.25, 0.3) is 0 Å². The van der Waals surface area contributed by atoms with Crippen LogP contribution in [0.2, 0.25) is 0 Å². The van der Waals surface area contributed by atoms with Crippen LogP contribution in [0.4, 0.5) is 6.01 Å². The van der Waals surface area contributed by atoms with E-state index in [1.165, 1.54) is 6.26 Å². The number of hydrogen-bond acceptors (Lipinski definition) is 6. The van der Waals surface area contributed by atoms with Gasteiger partial charge in [-0.15, -0.1) is 0 Å². The Labute approximate surface area is 106 Å². The van der Waals surface area contributed by atoms with Gasteiger partial charge in [0.2, 0.25) is 0 Å². The van der Waals surface area contributed by atoms with E-state index >= 15 is 0 Å². The number of piperidine rings is 1. The van der Waals surface area contributed by atoms with Crippen LogP contribution < -0.4 is 4.90 Å². The maximum absolute atomic E-state index is 11.5. The predicted molar refractivity (Wildman–Crippen MR) is 64.7 cm³/mol. The Hall–Kier alpha value is -1.56. The van der Waals surface area contributed by atoms with Crippen molar-refractivity contribution in [2.75, 3.05) is 31.7 Å². The first-order valence-corrected chi connectivity index (χ1v) is 6.15. The lowest BCUT2D eigenvalue weighted by Crippen LogP contribution is -2.36. The Morgan fingerprint density at radius 3 is 2.89 bits per heavy atom. The second kappa shape index (κ2) is 5.86. The molecule has 0 bridgehead atoms. The number of ether oxygens (including phenoxy) is 2. The van der Waals surface area contributed by atoms with Crippen molar-refractivity contribution in [3.05, 3.63) is 12.0 Å². The quantitative estimate of drug-likeness (QED) is 0.758. The average Bonchev–Trinajstić information content (AvgIpc) is 2.89. The number of carbonyl (C=O) groups is 1. The minimum absolute atomic E-state index is 0.223. The smallest absolute Gasteiger partial charge is 0.360 e. The highest BCUT2D eigenvalue weighted by Gasteiger charge is 2.23. The third-order valence-corrected chi connectivity index (χ3v) is 3.02. The number of oxazole rings is 1. The van der Waals surface area contributed by atoms with E-state index in [4.69, 9.17) is 13.9 Å². The van der Waals surface area contributed by atoms with Crippen LogP contribution in [0, 0.1) is 0 Å². The first kappa shape index (κ1) is 12.9. The molecule has 2 rings (SSSR count). The van der Waals surface area contributed by atoms with Gasteiger partial charge in [0.05, 0.1) is 12.7 Å². The van der Waals surface area contributed by atoms with Crippen molar-refractivity contribution < 1.29 is 18.7 Å². The highest BCUT2D eigenvalue weighted by molar-refractivity contribution is 5.87. The molecule has 0 N–H and O–H groups in total. The second-order valence-corrected chi connectivity index (χ2v) is 4.16. The first-order valence-electron chi connectivity index (χ1n) is 6.15. The molecule has 0 atom stereocenters. The van der Waals surface area contributed by atoms with Gasteiger partial charge in [-0.1, -0.05) is 0 Å². The molecule has 0 spiro atoms. The molecule has 0 unspecified atom stereocenters. The molecule has 1 aromatic rings. The molecular weight excluding hydrogens is 236 g/mol. The largest absolute Gasteiger partial charge is 0.461 e. The van der Waals surface area contributed by atoms with Crippen molar-refractivity contribution >= 4 is 12.0 Å². The standard InChI is InChI=1S/C12H18N2O4/c1-3-17-11(15)10-8-18-12(13-10)14-6-4-9(16-2)5-7-14/h8-9H,3-7H2,1-2H3. The summed E-state index contributed by atoms with van der Waals surface area (Å²) in [6.45, 7) is 3.73. The molecule has 100 valence electrons. The van der Waals surface area contributed by atoms with E-state index in [9.17, 15) is 4.79 Å². The number of esters is 1. The third kappa shape index (κ3) is 2.81. The van der Waals surface area contributed by atoms with E-state index in [2.05, 4.69) is 4.98 Å². The molecule has 18 heavy (non-hydrogen) atoms. The van der Waals surface area contributed by atoms with Crippen molar-refractivity contribution in [2.45, 2.75) is 25.9 Å². The van der Waals surface area contributed by atoms with E-state index in [0.29, 0.717) is 18.7 Å². The average molecular weight is 254 g/mol. The van der Waals surface area contributed by atoms with Gasteiger partial charge in [-0.3, -0.25) is 0 Å². The van der Waals surface area contributed by atoms with Crippen LogP contribution in [0.15, 0.2) is 10.7 Å². The van der Waals surface area contributed by atoms with E-state index in [-0.39, 0.29) is 5.69 Å². The van der Waals surface area contributed by atoms with Gasteiger partial charge in [0, 0.05) is 20.2 Å². The molecule has 6 heteroatoms. The van der Waals surface area contributed by atoms with Crippen molar-refractivity contribution in [2.24, 2.45) is 0 Å². The van der Waals surface area contributed by atoms with E-state index in [1.807, 2.05) is 4.90 Å². The Morgan fingerprint density at radius 1 is 1.56 bits per heavy atom. The van der Waals surface area contributed by atoms with Crippen molar-refractivity contribution in [3.63, 3.8) is 0 Å². The lowest BCUT2D eigenvalue weighted by molar-refractivity contribution is 0.0519. The summed E-state index contributed by atoms with van der Waals surface area (Å²) in [7, 11) is 1.73. The number of rotatable bonds is 4. The van der Waals surface area contributed by atoms with Gasteiger partial charge >= 0.3 is 5.97 Å². The Balaban J connectivity index is 1.96. The molecule has 2 heterocycles. The number of methoxy groups -OCH3 is 1. The second-order valence-electron chi connectivity index (χ2n) is 4.16. The van der Waals surface area contributed by atoms with Crippen LogP contribution in [0.1, 0.15) is 30.3 Å². The van der Waals surface area contributed by atoms with Crippen LogP contribution in [0.5, 0.6) is 0 Å². The van der Waals surface area contributed by atoms with Crippen LogP contribution in [-0.2, 0) is 9.47 Å². The molecule has 0 radical (unpaired) electrons. The van der Waals surface area contributed by atoms with Gasteiger partial charge < -0.3 is 18.8 Å². The number of hydrogen-bond donors (Lipinski definition) is 0. The third-order valence-electron chi connectivity index (χ3n) is 3.02. The zero-order valence-corrected chi connectivity index (χ0v) is 10.7. The monoisotopic (exact) mass is 254 g/mol. The van der Waals surface area contributed by atoms with Crippen molar-refractivity contribution in [1.82, 2.24) is 4.98 Å². The van der Waals surface area contributed by atoms with Crippen molar-refractivity contribution in [3.8, 4) is 0 Å². The fraction of sp³-hybridized carbons (Fsp3) is 0.667. The van der Waals surface area contributed by atoms with E-state index in [1.54, 1.807) is 14.0 Å². The summed E-state index contributed by atoms with van der Waals surface area (Å²) in [5, 5.41) is 0. The zero-order chi connectivity index (χ0) is 13.0. The van der Waals surface area contributed by atoms with E-state index < -0.39 is 5.97 Å². The summed E-state index contributed by atoms with van der Waals surface area (Å²) in [6.07, 6.45) is 3.53. The molecule has 0 aromatic carbocycles. The maximum Gasteiger partial charge on any atom is 0.360 e. The molecule has 0 saturated carbocycles. The summed E-state index contributed by atoms with van der Waals surface area (Å²) in [6, 6.07) is 0.479. The lowest BCUT2D eigenvalue weighted by atomic mass is 10.1. The van der Waals surface area contributed by atoms with Gasteiger partial charge in [0.25, 0.3) is 6.01 Å². The number of nitrogens with zero attached hydrogens (tertiary/aromatic N) is 2. The summed E-state index contributed by atoms with van der Waals surface area (Å²) in [5.74, 6) is -0.445. The number of aromatic nitrogens is 1. The summed E-state index contributed by atoms with van der Waals surface area (Å²) >= 11 is 0. The van der Waals surface area contributed by atoms with Gasteiger partial charge in [-0.25, -0.2) is 4.79 Å². The van der Waals surface area contributed by atoms with Gasteiger partial charge in [-0.2, -0.15) is 4.98 Å². The van der Waals surface area contributed by atoms with Crippen molar-refractivity contribution in [1.29, 1.82) is 0 Å². The molecule has 1 aliphatic rings. The van der Waals surface area contributed by atoms with Crippen LogP contribution in [-0.4, -0.2) is 43.9 Å². The molecule has 1 fully saturated rings. The minimum atomic E-state index is -0.445. The molecule has 0 amide bonds.